The number of ether oxygens (including phenoxy) is 1. The number of thiocarbonyl (C=S) groups is 1. The Kier molecular flexibility index (Phi) is 6.77. The van der Waals surface area contributed by atoms with E-state index in [0.29, 0.717) is 32.4 Å². The molecule has 1 aromatic carbocycles. The number of halogens is 2. The second-order valence-electron chi connectivity index (χ2n) is 5.54. The molecular formula is C18H15Cl2NO2S3. The maximum Gasteiger partial charge on any atom is 0.266 e. The number of carbonyl (C=O) groups is 1. The number of hydrogen-bond acceptors (Lipinski definition) is 5. The maximum absolute atomic E-state index is 12.6. The van der Waals surface area contributed by atoms with E-state index >= 15 is 0 Å². The van der Waals surface area contributed by atoms with Gasteiger partial charge in [0.1, 0.15) is 4.32 Å². The maximum atomic E-state index is 12.6. The number of thiophene rings is 1. The zero-order chi connectivity index (χ0) is 18.7. The predicted molar refractivity (Wildman–Crippen MR) is 116 cm³/mol. The van der Waals surface area contributed by atoms with Crippen LogP contribution in [0.15, 0.2) is 34.6 Å². The Hall–Kier alpha value is -0.890. The minimum atomic E-state index is -0.0458. The van der Waals surface area contributed by atoms with Gasteiger partial charge in [-0.15, -0.1) is 11.3 Å². The van der Waals surface area contributed by atoms with Crippen LogP contribution < -0.4 is 0 Å². The molecule has 1 aromatic heterocycles. The van der Waals surface area contributed by atoms with E-state index in [0.717, 1.165) is 22.4 Å². The van der Waals surface area contributed by atoms with Crippen LogP contribution in [0.1, 0.15) is 11.3 Å². The molecule has 2 aromatic rings. The summed E-state index contributed by atoms with van der Waals surface area (Å²) in [6.45, 7) is 1.18. The number of rotatable bonds is 6. The third-order valence-electron chi connectivity index (χ3n) is 3.74. The van der Waals surface area contributed by atoms with Crippen molar-refractivity contribution in [2.45, 2.75) is 6.42 Å². The molecule has 1 aliphatic rings. The van der Waals surface area contributed by atoms with Crippen molar-refractivity contribution < 1.29 is 9.53 Å². The number of carbonyl (C=O) groups excluding carboxylic acids is 1. The first-order valence-corrected chi connectivity index (χ1v) is 10.6. The highest BCUT2D eigenvalue weighted by Crippen LogP contribution is 2.37. The van der Waals surface area contributed by atoms with Gasteiger partial charge in [0.2, 0.25) is 0 Å². The summed E-state index contributed by atoms with van der Waals surface area (Å²) >= 11 is 20.5. The van der Waals surface area contributed by atoms with Gasteiger partial charge in [0.15, 0.2) is 0 Å². The first-order chi connectivity index (χ1) is 12.5. The fourth-order valence-electron chi connectivity index (χ4n) is 2.48. The predicted octanol–water partition coefficient (Wildman–Crippen LogP) is 5.96. The Labute approximate surface area is 175 Å². The smallest absolute Gasteiger partial charge is 0.266 e. The molecule has 26 heavy (non-hydrogen) atoms. The van der Waals surface area contributed by atoms with Crippen molar-refractivity contribution >= 4 is 74.8 Å². The van der Waals surface area contributed by atoms with Crippen molar-refractivity contribution in [3.8, 4) is 11.1 Å². The highest BCUT2D eigenvalue weighted by atomic mass is 35.5. The lowest BCUT2D eigenvalue weighted by molar-refractivity contribution is -0.122. The van der Waals surface area contributed by atoms with Crippen molar-refractivity contribution in [2.24, 2.45) is 0 Å². The molecule has 3 rings (SSSR count). The summed E-state index contributed by atoms with van der Waals surface area (Å²) in [5.74, 6) is -0.0458. The topological polar surface area (TPSA) is 29.5 Å². The average Bonchev–Trinajstić information content (AvgIpc) is 3.15. The zero-order valence-electron chi connectivity index (χ0n) is 13.8. The molecule has 0 saturated carbocycles. The van der Waals surface area contributed by atoms with Crippen LogP contribution in [0.2, 0.25) is 10.0 Å². The highest BCUT2D eigenvalue weighted by molar-refractivity contribution is 8.26. The molecule has 0 aliphatic carbocycles. The molecule has 0 atom stereocenters. The van der Waals surface area contributed by atoms with Crippen LogP contribution in [0.3, 0.4) is 0 Å². The number of benzene rings is 1. The lowest BCUT2D eigenvalue weighted by Crippen LogP contribution is -2.29. The summed E-state index contributed by atoms with van der Waals surface area (Å²) in [5, 5.41) is 3.22. The van der Waals surface area contributed by atoms with Crippen LogP contribution in [0, 0.1) is 0 Å². The Morgan fingerprint density at radius 1 is 1.31 bits per heavy atom. The molecule has 1 amide bonds. The zero-order valence-corrected chi connectivity index (χ0v) is 17.8. The van der Waals surface area contributed by atoms with Crippen molar-refractivity contribution in [3.63, 3.8) is 0 Å². The van der Waals surface area contributed by atoms with Gasteiger partial charge in [0.25, 0.3) is 5.91 Å². The highest BCUT2D eigenvalue weighted by Gasteiger charge is 2.31. The van der Waals surface area contributed by atoms with Gasteiger partial charge in [-0.05, 0) is 41.6 Å². The van der Waals surface area contributed by atoms with Crippen LogP contribution in [0.5, 0.6) is 0 Å². The molecule has 136 valence electrons. The molecule has 8 heteroatoms. The van der Waals surface area contributed by atoms with E-state index < -0.39 is 0 Å². The fourth-order valence-corrected chi connectivity index (χ4v) is 5.21. The quantitative estimate of drug-likeness (QED) is 0.312. The summed E-state index contributed by atoms with van der Waals surface area (Å²) in [6.07, 6.45) is 2.64. The Morgan fingerprint density at radius 3 is 2.85 bits per heavy atom. The number of hydrogen-bond donors (Lipinski definition) is 0. The van der Waals surface area contributed by atoms with Crippen LogP contribution in [-0.2, 0) is 9.53 Å². The first kappa shape index (κ1) is 19.9. The number of thioether (sulfide) groups is 1. The van der Waals surface area contributed by atoms with Crippen molar-refractivity contribution in [2.75, 3.05) is 20.3 Å². The van der Waals surface area contributed by atoms with Crippen molar-refractivity contribution in [1.29, 1.82) is 0 Å². The van der Waals surface area contributed by atoms with Crippen LogP contribution >= 0.6 is 58.5 Å². The van der Waals surface area contributed by atoms with Crippen molar-refractivity contribution in [1.82, 2.24) is 4.90 Å². The average molecular weight is 444 g/mol. The first-order valence-electron chi connectivity index (χ1n) is 7.78. The minimum Gasteiger partial charge on any atom is -0.385 e. The molecule has 1 saturated heterocycles. The van der Waals surface area contributed by atoms with Crippen molar-refractivity contribution in [3.05, 3.63) is 49.5 Å². The molecule has 1 fully saturated rings. The van der Waals surface area contributed by atoms with E-state index in [4.69, 9.17) is 40.2 Å². The van der Waals surface area contributed by atoms with Gasteiger partial charge in [-0.2, -0.15) is 0 Å². The van der Waals surface area contributed by atoms with Gasteiger partial charge in [-0.3, -0.25) is 9.69 Å². The fraction of sp³-hybridized carbons (Fsp3) is 0.222. The van der Waals surface area contributed by atoms with Crippen LogP contribution in [0.25, 0.3) is 17.2 Å². The van der Waals surface area contributed by atoms with Gasteiger partial charge >= 0.3 is 0 Å². The van der Waals surface area contributed by atoms with Gasteiger partial charge in [0, 0.05) is 40.7 Å². The summed E-state index contributed by atoms with van der Waals surface area (Å²) in [6, 6.07) is 7.44. The third-order valence-corrected chi connectivity index (χ3v) is 6.54. The minimum absolute atomic E-state index is 0.0458. The lowest BCUT2D eigenvalue weighted by atomic mass is 10.1. The van der Waals surface area contributed by atoms with E-state index in [1.54, 1.807) is 29.4 Å². The lowest BCUT2D eigenvalue weighted by Gasteiger charge is -2.13. The molecule has 0 radical (unpaired) electrons. The molecule has 2 heterocycles. The Balaban J connectivity index is 1.78. The van der Waals surface area contributed by atoms with E-state index in [9.17, 15) is 4.79 Å². The number of amides is 1. The second-order valence-corrected chi connectivity index (χ2v) is 9.00. The standard InChI is InChI=1S/C18H15Cl2NO2S3/c1-23-6-2-5-21-17(22)16(26-18(21)24)9-13-7-11(10-25-13)14-4-3-12(19)8-15(14)20/h3-4,7-10H,2,5-6H2,1H3/b16-9-. The van der Waals surface area contributed by atoms with Gasteiger partial charge in [-0.25, -0.2) is 0 Å². The second kappa shape index (κ2) is 8.87. The van der Waals surface area contributed by atoms with Crippen LogP contribution in [-0.4, -0.2) is 35.4 Å². The Bertz CT molecular complexity index is 879. The van der Waals surface area contributed by atoms with Gasteiger partial charge in [-0.1, -0.05) is 53.2 Å². The number of methoxy groups -OCH3 is 1. The van der Waals surface area contributed by atoms with Crippen LogP contribution in [0.4, 0.5) is 0 Å². The Morgan fingerprint density at radius 2 is 2.12 bits per heavy atom. The molecule has 0 N–H and O–H groups in total. The van der Waals surface area contributed by atoms with E-state index in [2.05, 4.69) is 0 Å². The largest absolute Gasteiger partial charge is 0.385 e. The van der Waals surface area contributed by atoms with E-state index in [-0.39, 0.29) is 5.91 Å². The van der Waals surface area contributed by atoms with E-state index in [1.165, 1.54) is 11.8 Å². The SMILES string of the molecule is COCCCN1C(=O)/C(=C/c2cc(-c3ccc(Cl)cc3Cl)cs2)SC1=S. The summed E-state index contributed by atoms with van der Waals surface area (Å²) in [5.41, 5.74) is 1.91. The monoisotopic (exact) mass is 443 g/mol. The van der Waals surface area contributed by atoms with Gasteiger partial charge < -0.3 is 4.74 Å². The molecule has 1 aliphatic heterocycles. The third kappa shape index (κ3) is 4.50. The van der Waals surface area contributed by atoms with Gasteiger partial charge in [0.05, 0.1) is 4.91 Å². The molecule has 0 spiro atoms. The summed E-state index contributed by atoms with van der Waals surface area (Å²) < 4.78 is 5.63. The summed E-state index contributed by atoms with van der Waals surface area (Å²) in [7, 11) is 1.64. The number of nitrogens with zero attached hydrogens (tertiary/aromatic N) is 1. The molecule has 0 unspecified atom stereocenters. The summed E-state index contributed by atoms with van der Waals surface area (Å²) in [4.78, 5) is 15.8. The normalized spacial score (nSPS) is 16.1. The molecule has 3 nitrogen and oxygen atoms in total. The molecular weight excluding hydrogens is 429 g/mol. The molecule has 0 bridgehead atoms. The van der Waals surface area contributed by atoms with E-state index in [1.807, 2.05) is 29.7 Å².